The van der Waals surface area contributed by atoms with E-state index in [1.54, 1.807) is 36.9 Å². The van der Waals surface area contributed by atoms with Crippen molar-refractivity contribution in [1.29, 1.82) is 5.26 Å². The van der Waals surface area contributed by atoms with Crippen LogP contribution in [0.3, 0.4) is 0 Å². The van der Waals surface area contributed by atoms with Gasteiger partial charge in [0.2, 0.25) is 11.2 Å². The Morgan fingerprint density at radius 2 is 2.15 bits per heavy atom. The Bertz CT molecular complexity index is 1040. The highest BCUT2D eigenvalue weighted by Gasteiger charge is 2.15. The Kier molecular flexibility index (Phi) is 5.06. The van der Waals surface area contributed by atoms with Crippen LogP contribution in [0.15, 0.2) is 29.0 Å². The maximum absolute atomic E-state index is 12.0. The van der Waals surface area contributed by atoms with Crippen LogP contribution in [0.2, 0.25) is 5.28 Å². The second kappa shape index (κ2) is 7.27. The minimum atomic E-state index is -0.0980. The van der Waals surface area contributed by atoms with E-state index in [9.17, 15) is 4.79 Å². The number of carbonyl (C=O) groups is 1. The molecule has 0 aliphatic carbocycles. The molecule has 10 heteroatoms. The summed E-state index contributed by atoms with van der Waals surface area (Å²) in [7, 11) is 3.35. The van der Waals surface area contributed by atoms with Crippen LogP contribution in [0.4, 0.5) is 11.5 Å². The van der Waals surface area contributed by atoms with Crippen LogP contribution in [0.5, 0.6) is 0 Å². The second-order valence-electron chi connectivity index (χ2n) is 5.64. The van der Waals surface area contributed by atoms with Crippen molar-refractivity contribution >= 4 is 56.1 Å². The molecule has 1 N–H and O–H groups in total. The lowest BCUT2D eigenvalue weighted by molar-refractivity contribution is -0.129. The van der Waals surface area contributed by atoms with Crippen LogP contribution in [-0.2, 0) is 11.3 Å². The first-order valence-corrected chi connectivity index (χ1v) is 8.60. The Labute approximate surface area is 162 Å². The van der Waals surface area contributed by atoms with E-state index < -0.39 is 0 Å². The van der Waals surface area contributed by atoms with Gasteiger partial charge in [-0.05, 0) is 29.8 Å². The largest absolute Gasteiger partial charge is 0.347 e. The lowest BCUT2D eigenvalue weighted by atomic mass is 10.2. The zero-order valence-electron chi connectivity index (χ0n) is 13.9. The van der Waals surface area contributed by atoms with Crippen LogP contribution < -0.4 is 5.32 Å². The summed E-state index contributed by atoms with van der Waals surface area (Å²) in [5, 5.41) is 12.2. The molecule has 0 fully saturated rings. The van der Waals surface area contributed by atoms with Crippen molar-refractivity contribution < 1.29 is 4.79 Å². The monoisotopic (exact) mass is 433 g/mol. The maximum atomic E-state index is 12.0. The fraction of sp³-hybridized carbons (Fsp3) is 0.188. The maximum Gasteiger partial charge on any atom is 0.242 e. The molecule has 0 aliphatic heterocycles. The lowest BCUT2D eigenvalue weighted by Gasteiger charge is -2.11. The molecule has 2 heterocycles. The van der Waals surface area contributed by atoms with E-state index in [0.29, 0.717) is 28.2 Å². The van der Waals surface area contributed by atoms with Gasteiger partial charge < -0.3 is 14.8 Å². The summed E-state index contributed by atoms with van der Waals surface area (Å²) < 4.78 is 2.36. The molecule has 0 radical (unpaired) electrons. The molecule has 0 saturated carbocycles. The molecule has 0 saturated heterocycles. The van der Waals surface area contributed by atoms with Gasteiger partial charge in [-0.1, -0.05) is 15.9 Å². The van der Waals surface area contributed by atoms with E-state index >= 15 is 0 Å². The van der Waals surface area contributed by atoms with Crippen LogP contribution in [-0.4, -0.2) is 44.4 Å². The average Bonchev–Trinajstić information content (AvgIpc) is 2.97. The molecule has 1 aromatic carbocycles. The molecule has 0 bridgehead atoms. The first kappa shape index (κ1) is 18.1. The van der Waals surface area contributed by atoms with E-state index in [1.807, 2.05) is 0 Å². The molecule has 1 amide bonds. The first-order chi connectivity index (χ1) is 12.4. The summed E-state index contributed by atoms with van der Waals surface area (Å²) in [5.41, 5.74) is 2.05. The zero-order chi connectivity index (χ0) is 18.8. The number of likely N-dealkylation sites (N-methyl/N-ethyl adjacent to an activating group) is 1. The number of amides is 1. The Hall–Kier alpha value is -2.70. The standard InChI is InChI=1S/C16H13BrClN7O/c1-24(2)12(26)7-25-8-20-13-14(22-16(18)23-15(13)25)21-11-4-9(6-19)3-10(17)5-11/h3-5,8H,7H2,1-2H3,(H,21,22,23). The molecule has 2 aromatic heterocycles. The van der Waals surface area contributed by atoms with Crippen molar-refractivity contribution in [3.63, 3.8) is 0 Å². The number of imidazole rings is 1. The average molecular weight is 435 g/mol. The van der Waals surface area contributed by atoms with Crippen LogP contribution >= 0.6 is 27.5 Å². The minimum absolute atomic E-state index is 0.0227. The van der Waals surface area contributed by atoms with Crippen LogP contribution in [0.25, 0.3) is 11.2 Å². The van der Waals surface area contributed by atoms with Gasteiger partial charge in [-0.25, -0.2) is 4.98 Å². The number of rotatable bonds is 4. The second-order valence-corrected chi connectivity index (χ2v) is 6.89. The third-order valence-corrected chi connectivity index (χ3v) is 4.16. The fourth-order valence-electron chi connectivity index (χ4n) is 2.27. The minimum Gasteiger partial charge on any atom is -0.347 e. The molecular weight excluding hydrogens is 422 g/mol. The van der Waals surface area contributed by atoms with Crippen molar-refractivity contribution in [2.75, 3.05) is 19.4 Å². The number of nitriles is 1. The van der Waals surface area contributed by atoms with Gasteiger partial charge in [-0.2, -0.15) is 15.2 Å². The molecule has 8 nitrogen and oxygen atoms in total. The van der Waals surface area contributed by atoms with Gasteiger partial charge in [0.1, 0.15) is 6.54 Å². The highest BCUT2D eigenvalue weighted by Crippen LogP contribution is 2.26. The summed E-state index contributed by atoms with van der Waals surface area (Å²) in [6, 6.07) is 7.27. The SMILES string of the molecule is CN(C)C(=O)Cn1cnc2c(Nc3cc(Br)cc(C#N)c3)nc(Cl)nc21. The van der Waals surface area contributed by atoms with E-state index in [-0.39, 0.29) is 17.7 Å². The van der Waals surface area contributed by atoms with Gasteiger partial charge in [-0.3, -0.25) is 4.79 Å². The van der Waals surface area contributed by atoms with Crippen LogP contribution in [0.1, 0.15) is 5.56 Å². The Balaban J connectivity index is 2.02. The van der Waals surface area contributed by atoms with Gasteiger partial charge in [0.05, 0.1) is 18.0 Å². The number of benzene rings is 1. The van der Waals surface area contributed by atoms with Gasteiger partial charge in [-0.15, -0.1) is 0 Å². The number of fused-ring (bicyclic) bond motifs is 1. The Morgan fingerprint density at radius 3 is 2.85 bits per heavy atom. The van der Waals surface area contributed by atoms with Crippen molar-refractivity contribution in [1.82, 2.24) is 24.4 Å². The quantitative estimate of drug-likeness (QED) is 0.634. The molecule has 3 aromatic rings. The normalized spacial score (nSPS) is 10.6. The number of aromatic nitrogens is 4. The van der Waals surface area contributed by atoms with E-state index in [2.05, 4.69) is 42.3 Å². The predicted molar refractivity (Wildman–Crippen MR) is 101 cm³/mol. The molecule has 132 valence electrons. The zero-order valence-corrected chi connectivity index (χ0v) is 16.2. The molecule has 0 spiro atoms. The third-order valence-electron chi connectivity index (χ3n) is 3.53. The lowest BCUT2D eigenvalue weighted by Crippen LogP contribution is -2.26. The smallest absolute Gasteiger partial charge is 0.242 e. The molecule has 0 atom stereocenters. The molecule has 26 heavy (non-hydrogen) atoms. The number of nitrogens with zero attached hydrogens (tertiary/aromatic N) is 6. The Morgan fingerprint density at radius 1 is 1.38 bits per heavy atom. The number of hydrogen-bond donors (Lipinski definition) is 1. The number of carbonyl (C=O) groups excluding carboxylic acids is 1. The van der Waals surface area contributed by atoms with E-state index in [4.69, 9.17) is 16.9 Å². The van der Waals surface area contributed by atoms with Gasteiger partial charge in [0.25, 0.3) is 0 Å². The predicted octanol–water partition coefficient (Wildman–Crippen LogP) is 2.95. The number of anilines is 2. The highest BCUT2D eigenvalue weighted by molar-refractivity contribution is 9.10. The van der Waals surface area contributed by atoms with Crippen molar-refractivity contribution in [2.45, 2.75) is 6.54 Å². The third kappa shape index (κ3) is 3.76. The topological polar surface area (TPSA) is 99.7 Å². The molecule has 0 unspecified atom stereocenters. The van der Waals surface area contributed by atoms with Crippen LogP contribution in [0, 0.1) is 11.3 Å². The summed E-state index contributed by atoms with van der Waals surface area (Å²) in [6.45, 7) is 0.0890. The molecule has 3 rings (SSSR count). The van der Waals surface area contributed by atoms with Crippen molar-refractivity contribution in [3.8, 4) is 6.07 Å². The van der Waals surface area contributed by atoms with Gasteiger partial charge in [0, 0.05) is 24.3 Å². The number of hydrogen-bond acceptors (Lipinski definition) is 6. The fourth-order valence-corrected chi connectivity index (χ4v) is 2.93. The van der Waals surface area contributed by atoms with E-state index in [0.717, 1.165) is 4.47 Å². The molecular formula is C16H13BrClN7O. The first-order valence-electron chi connectivity index (χ1n) is 7.43. The number of nitrogens with one attached hydrogen (secondary N) is 1. The highest BCUT2D eigenvalue weighted by atomic mass is 79.9. The summed E-state index contributed by atoms with van der Waals surface area (Å²) in [5.74, 6) is 0.289. The van der Waals surface area contributed by atoms with Crippen molar-refractivity contribution in [3.05, 3.63) is 39.8 Å². The van der Waals surface area contributed by atoms with Gasteiger partial charge in [0.15, 0.2) is 17.0 Å². The summed E-state index contributed by atoms with van der Waals surface area (Å²) in [6.07, 6.45) is 1.52. The van der Waals surface area contributed by atoms with Gasteiger partial charge >= 0.3 is 0 Å². The molecule has 0 aliphatic rings. The van der Waals surface area contributed by atoms with E-state index in [1.165, 1.54) is 11.2 Å². The van der Waals surface area contributed by atoms with Crippen molar-refractivity contribution in [2.24, 2.45) is 0 Å². The number of halogens is 2. The summed E-state index contributed by atoms with van der Waals surface area (Å²) in [4.78, 5) is 26.1. The summed E-state index contributed by atoms with van der Waals surface area (Å²) >= 11 is 9.41.